The second-order valence-corrected chi connectivity index (χ2v) is 6.86. The van der Waals surface area contributed by atoms with E-state index in [9.17, 15) is 9.59 Å². The smallest absolute Gasteiger partial charge is 0.251 e. The molecule has 2 amide bonds. The van der Waals surface area contributed by atoms with E-state index in [4.69, 9.17) is 5.73 Å². The maximum Gasteiger partial charge on any atom is 0.251 e. The lowest BCUT2D eigenvalue weighted by molar-refractivity contribution is -0.117. The first-order valence-corrected chi connectivity index (χ1v) is 6.63. The Bertz CT molecular complexity index is 484. The third-order valence-electron chi connectivity index (χ3n) is 2.58. The highest BCUT2D eigenvalue weighted by Gasteiger charge is 2.21. The summed E-state index contributed by atoms with van der Waals surface area (Å²) in [5, 5.41) is 3.35. The van der Waals surface area contributed by atoms with Gasteiger partial charge in [0.1, 0.15) is 5.00 Å². The number of thiophene rings is 1. The summed E-state index contributed by atoms with van der Waals surface area (Å²) in [7, 11) is 0. The largest absolute Gasteiger partial charge is 0.365 e. The molecule has 0 fully saturated rings. The molecule has 0 saturated heterocycles. The number of primary amides is 1. The number of nitrogens with one attached hydrogen (secondary N) is 1. The van der Waals surface area contributed by atoms with Crippen LogP contribution in [0.5, 0.6) is 0 Å². The molecular weight excluding hydrogens is 248 g/mol. The van der Waals surface area contributed by atoms with Crippen LogP contribution in [0.15, 0.2) is 0 Å². The van der Waals surface area contributed by atoms with Gasteiger partial charge < -0.3 is 11.1 Å². The predicted molar refractivity (Wildman–Crippen MR) is 75.0 cm³/mol. The molecule has 0 atom stereocenters. The van der Waals surface area contributed by atoms with Gasteiger partial charge in [0.05, 0.1) is 5.56 Å². The van der Waals surface area contributed by atoms with Crippen LogP contribution in [0.1, 0.15) is 48.0 Å². The average molecular weight is 268 g/mol. The Balaban J connectivity index is 2.95. The van der Waals surface area contributed by atoms with Crippen molar-refractivity contribution in [3.05, 3.63) is 16.0 Å². The summed E-state index contributed by atoms with van der Waals surface area (Å²) in [6, 6.07) is 0. The van der Waals surface area contributed by atoms with Crippen LogP contribution >= 0.6 is 11.3 Å². The minimum absolute atomic E-state index is 0.0850. The maximum atomic E-state index is 11.9. The zero-order valence-electron chi connectivity index (χ0n) is 11.5. The van der Waals surface area contributed by atoms with E-state index in [0.29, 0.717) is 17.0 Å². The Morgan fingerprint density at radius 2 is 1.83 bits per heavy atom. The topological polar surface area (TPSA) is 72.2 Å². The molecule has 3 N–H and O–H groups in total. The molecule has 1 rings (SSSR count). The van der Waals surface area contributed by atoms with Crippen molar-refractivity contribution in [2.75, 3.05) is 5.32 Å². The van der Waals surface area contributed by atoms with Crippen molar-refractivity contribution in [2.24, 2.45) is 11.1 Å². The summed E-state index contributed by atoms with van der Waals surface area (Å²) < 4.78 is 0. The molecule has 1 aromatic heterocycles. The lowest BCUT2D eigenvalue weighted by Gasteiger charge is -2.17. The van der Waals surface area contributed by atoms with Gasteiger partial charge in [-0.3, -0.25) is 9.59 Å². The zero-order chi connectivity index (χ0) is 14.1. The highest BCUT2D eigenvalue weighted by molar-refractivity contribution is 7.16. The fourth-order valence-electron chi connectivity index (χ4n) is 1.66. The average Bonchev–Trinajstić information content (AvgIpc) is 2.38. The molecule has 0 spiro atoms. The highest BCUT2D eigenvalue weighted by Crippen LogP contribution is 2.32. The van der Waals surface area contributed by atoms with Gasteiger partial charge in [0.15, 0.2) is 0 Å². The van der Waals surface area contributed by atoms with Crippen molar-refractivity contribution in [1.82, 2.24) is 0 Å². The Hall–Kier alpha value is -1.36. The first kappa shape index (κ1) is 14.7. The zero-order valence-corrected chi connectivity index (χ0v) is 12.3. The Morgan fingerprint density at radius 3 is 2.28 bits per heavy atom. The van der Waals surface area contributed by atoms with Crippen LogP contribution in [0.2, 0.25) is 0 Å². The van der Waals surface area contributed by atoms with Crippen LogP contribution < -0.4 is 11.1 Å². The van der Waals surface area contributed by atoms with Crippen molar-refractivity contribution in [3.8, 4) is 0 Å². The third kappa shape index (κ3) is 3.57. The van der Waals surface area contributed by atoms with Gasteiger partial charge in [-0.1, -0.05) is 20.8 Å². The molecule has 18 heavy (non-hydrogen) atoms. The fraction of sp³-hybridized carbons (Fsp3) is 0.538. The number of anilines is 1. The van der Waals surface area contributed by atoms with Crippen LogP contribution in [0, 0.1) is 19.3 Å². The lowest BCUT2D eigenvalue weighted by atomic mass is 9.92. The Morgan fingerprint density at radius 1 is 1.28 bits per heavy atom. The van der Waals surface area contributed by atoms with E-state index in [0.717, 1.165) is 10.4 Å². The first-order chi connectivity index (χ1) is 8.11. The molecule has 1 aromatic rings. The van der Waals surface area contributed by atoms with Crippen LogP contribution in [-0.4, -0.2) is 11.8 Å². The molecule has 100 valence electrons. The van der Waals surface area contributed by atoms with E-state index >= 15 is 0 Å². The summed E-state index contributed by atoms with van der Waals surface area (Å²) in [6.07, 6.45) is 0.404. The van der Waals surface area contributed by atoms with Gasteiger partial charge >= 0.3 is 0 Å². The summed E-state index contributed by atoms with van der Waals surface area (Å²) in [5.74, 6) is -0.589. The molecule has 5 heteroatoms. The van der Waals surface area contributed by atoms with E-state index in [-0.39, 0.29) is 11.3 Å². The highest BCUT2D eigenvalue weighted by atomic mass is 32.1. The van der Waals surface area contributed by atoms with Crippen LogP contribution in [0.25, 0.3) is 0 Å². The SMILES string of the molecule is Cc1sc(NC(=O)CC(C)(C)C)c(C(N)=O)c1C. The van der Waals surface area contributed by atoms with E-state index in [1.54, 1.807) is 0 Å². The van der Waals surface area contributed by atoms with E-state index in [1.807, 2.05) is 34.6 Å². The molecule has 0 aliphatic carbocycles. The lowest BCUT2D eigenvalue weighted by Crippen LogP contribution is -2.21. The molecule has 0 aliphatic heterocycles. The van der Waals surface area contributed by atoms with E-state index in [2.05, 4.69) is 5.32 Å². The summed E-state index contributed by atoms with van der Waals surface area (Å²) in [4.78, 5) is 24.3. The van der Waals surface area contributed by atoms with Crippen molar-refractivity contribution >= 4 is 28.2 Å². The molecule has 0 radical (unpaired) electrons. The van der Waals surface area contributed by atoms with Crippen molar-refractivity contribution in [1.29, 1.82) is 0 Å². The monoisotopic (exact) mass is 268 g/mol. The van der Waals surface area contributed by atoms with Gasteiger partial charge in [-0.2, -0.15) is 0 Å². The van der Waals surface area contributed by atoms with Gasteiger partial charge in [0.25, 0.3) is 5.91 Å². The molecule has 0 saturated carbocycles. The quantitative estimate of drug-likeness (QED) is 0.884. The number of hydrogen-bond donors (Lipinski definition) is 2. The summed E-state index contributed by atoms with van der Waals surface area (Å²) in [6.45, 7) is 9.72. The number of carbonyl (C=O) groups excluding carboxylic acids is 2. The van der Waals surface area contributed by atoms with Crippen molar-refractivity contribution in [2.45, 2.75) is 41.0 Å². The normalized spacial score (nSPS) is 11.4. The van der Waals surface area contributed by atoms with Gasteiger partial charge in [0, 0.05) is 11.3 Å². The second-order valence-electron chi connectivity index (χ2n) is 5.64. The number of nitrogens with two attached hydrogens (primary N) is 1. The maximum absolute atomic E-state index is 11.9. The van der Waals surface area contributed by atoms with Gasteiger partial charge in [-0.25, -0.2) is 0 Å². The molecule has 0 aliphatic rings. The minimum Gasteiger partial charge on any atom is -0.365 e. The molecule has 0 aromatic carbocycles. The van der Waals surface area contributed by atoms with Crippen LogP contribution in [-0.2, 0) is 4.79 Å². The van der Waals surface area contributed by atoms with E-state index < -0.39 is 5.91 Å². The van der Waals surface area contributed by atoms with E-state index in [1.165, 1.54) is 11.3 Å². The molecule has 4 nitrogen and oxygen atoms in total. The Kier molecular flexibility index (Phi) is 4.16. The molecular formula is C13H20N2O2S. The third-order valence-corrected chi connectivity index (χ3v) is 3.70. The number of rotatable bonds is 3. The predicted octanol–water partition coefficient (Wildman–Crippen LogP) is 2.84. The molecule has 0 unspecified atom stereocenters. The Labute approximate surface area is 112 Å². The van der Waals surface area contributed by atoms with Gasteiger partial charge in [0.2, 0.25) is 5.91 Å². The first-order valence-electron chi connectivity index (χ1n) is 5.81. The van der Waals surface area contributed by atoms with Crippen molar-refractivity contribution in [3.63, 3.8) is 0 Å². The molecule has 1 heterocycles. The standard InChI is InChI=1S/C13H20N2O2S/c1-7-8(2)18-12(10(7)11(14)17)15-9(16)6-13(3,4)5/h6H2,1-5H3,(H2,14,17)(H,15,16). The number of hydrogen-bond acceptors (Lipinski definition) is 3. The number of aryl methyl sites for hydroxylation is 1. The molecule has 0 bridgehead atoms. The summed E-state index contributed by atoms with van der Waals surface area (Å²) in [5.41, 5.74) is 6.54. The van der Waals surface area contributed by atoms with Crippen LogP contribution in [0.3, 0.4) is 0 Å². The fourth-order valence-corrected chi connectivity index (χ4v) is 2.75. The second kappa shape index (κ2) is 5.10. The van der Waals surface area contributed by atoms with Crippen LogP contribution in [0.4, 0.5) is 5.00 Å². The van der Waals surface area contributed by atoms with Crippen molar-refractivity contribution < 1.29 is 9.59 Å². The van der Waals surface area contributed by atoms with Gasteiger partial charge in [-0.05, 0) is 24.8 Å². The summed E-state index contributed by atoms with van der Waals surface area (Å²) >= 11 is 1.39. The number of carbonyl (C=O) groups is 2. The number of amides is 2. The minimum atomic E-state index is -0.497. The van der Waals surface area contributed by atoms with Gasteiger partial charge in [-0.15, -0.1) is 11.3 Å².